The van der Waals surface area contributed by atoms with Crippen molar-refractivity contribution in [3.8, 4) is 5.75 Å². The van der Waals surface area contributed by atoms with Crippen LogP contribution < -0.4 is 42.0 Å². The summed E-state index contributed by atoms with van der Waals surface area (Å²) in [5.74, 6) is -5.40. The Labute approximate surface area is 507 Å². The number of anilines is 2. The number of halogens is 4. The first-order valence-corrected chi connectivity index (χ1v) is 28.8. The van der Waals surface area contributed by atoms with Crippen molar-refractivity contribution in [2.45, 2.75) is 154 Å². The number of unbranched alkanes of at least 4 members (excludes halogenated alkanes) is 2. The molecule has 2 saturated heterocycles. The zero-order valence-electron chi connectivity index (χ0n) is 50.0. The van der Waals surface area contributed by atoms with Crippen LogP contribution in [-0.4, -0.2) is 156 Å². The van der Waals surface area contributed by atoms with Crippen molar-refractivity contribution in [2.24, 2.45) is 11.7 Å². The number of ether oxygens (including phenoxy) is 3. The van der Waals surface area contributed by atoms with E-state index in [1.165, 1.54) is 18.6 Å². The largest absolute Gasteiger partial charge is 0.495 e. The Hall–Kier alpha value is -8.04. The maximum atomic E-state index is 13.9. The van der Waals surface area contributed by atoms with Crippen LogP contribution in [0.1, 0.15) is 127 Å². The van der Waals surface area contributed by atoms with Gasteiger partial charge in [0.2, 0.25) is 23.6 Å². The van der Waals surface area contributed by atoms with E-state index in [-0.39, 0.29) is 81.3 Å². The number of carboxylic acids is 1. The quantitative estimate of drug-likeness (QED) is 0.0436. The van der Waals surface area contributed by atoms with Crippen LogP contribution in [0.15, 0.2) is 66.3 Å². The van der Waals surface area contributed by atoms with Gasteiger partial charge in [0.25, 0.3) is 17.7 Å². The predicted octanol–water partition coefficient (Wildman–Crippen LogP) is 6.27. The van der Waals surface area contributed by atoms with Crippen LogP contribution in [0.3, 0.4) is 0 Å². The molecular formula is C59H79ClF3N9O15. The van der Waals surface area contributed by atoms with E-state index in [0.717, 1.165) is 42.1 Å². The number of aliphatic hydroxyl groups is 1. The van der Waals surface area contributed by atoms with E-state index in [1.807, 2.05) is 44.2 Å². The summed E-state index contributed by atoms with van der Waals surface area (Å²) in [6.45, 7) is 8.98. The number of likely N-dealkylation sites (N-methyl/N-ethyl adjacent to an activating group) is 1. The van der Waals surface area contributed by atoms with Gasteiger partial charge >= 0.3 is 24.3 Å². The molecule has 6 rings (SSSR count). The molecule has 0 aromatic heterocycles. The lowest BCUT2D eigenvalue weighted by Gasteiger charge is -2.38. The van der Waals surface area contributed by atoms with Gasteiger partial charge in [-0.25, -0.2) is 14.4 Å². The van der Waals surface area contributed by atoms with Crippen molar-refractivity contribution >= 4 is 82.4 Å². The summed E-state index contributed by atoms with van der Waals surface area (Å²) in [7, 11) is 4.30. The van der Waals surface area contributed by atoms with Gasteiger partial charge in [-0.2, -0.15) is 13.2 Å². The Bertz CT molecular complexity index is 2920. The van der Waals surface area contributed by atoms with Crippen LogP contribution in [0.4, 0.5) is 34.1 Å². The molecule has 0 spiro atoms. The van der Waals surface area contributed by atoms with Gasteiger partial charge in [-0.1, -0.05) is 69.0 Å². The highest BCUT2D eigenvalue weighted by Gasteiger charge is 2.50. The molecule has 2 aromatic carbocycles. The lowest BCUT2D eigenvalue weighted by Crippen LogP contribution is -2.57. The first kappa shape index (κ1) is 71.4. The molecule has 4 aliphatic heterocycles. The minimum atomic E-state index is -5.07. The first-order valence-electron chi connectivity index (χ1n) is 28.4. The lowest BCUT2D eigenvalue weighted by atomic mass is 9.89. The molecule has 28 heteroatoms. The Morgan fingerprint density at radius 1 is 0.989 bits per heavy atom. The summed E-state index contributed by atoms with van der Waals surface area (Å²) < 4.78 is 58.6. The maximum Gasteiger partial charge on any atom is 0.417 e. The molecule has 0 radical (unpaired) electrons. The average Bonchev–Trinajstić information content (AvgIpc) is 2.45. The molecule has 7 atom stereocenters. The topological polar surface area (TPSA) is 338 Å². The van der Waals surface area contributed by atoms with Gasteiger partial charge < -0.3 is 61.2 Å². The van der Waals surface area contributed by atoms with Crippen LogP contribution in [0.25, 0.3) is 0 Å². The van der Waals surface area contributed by atoms with Crippen LogP contribution in [0, 0.1) is 5.92 Å². The molecular weight excluding hydrogens is 1170 g/mol. The number of rotatable bonds is 19. The van der Waals surface area contributed by atoms with Crippen LogP contribution in [-0.2, 0) is 55.6 Å². The number of nitrogens with one attached hydrogen (secondary N) is 5. The second kappa shape index (κ2) is 33.2. The fraction of sp³-hybridized carbons (Fsp3) is 0.525. The number of carbonyl (C=O) groups excluding carboxylic acids is 9. The standard InChI is InChI=1S/C30H38F3N7O9.C26H33ClN2O6.C3H8/c1-17(28(47)48)39(2)27(46)19-10-9-18(15-20(19)30(31,32)33)37-26(45)21(7-6-13-35-29(34)49)38-23(42)16-36-22(41)8-4-3-5-14-40-24(43)11-12-25(40)44;1-15-7-5-6-10-26(32)14-21(35-25(31)28-26)16(2)24-19(34-24)8-9-22(30)29(3)18-12-17(11-15)13-20(33-4)23(18)27;1-3-2/h9-12,15,17,21H,3-8,13-14,16H2,1-2H3,(H,36,41)(H,37,45)(H,38,42)(H,47,48)(H3,34,35,49);5-7,12-13,16,19,21,24,32H,8-11,14H2,1-4H3,(H,28,31);3H2,1-2H3/b;6-5+,15-7+;/t17-,21?;16-,19?,21?,24?,26-;/m01./s1. The number of carbonyl (C=O) groups is 10. The van der Waals surface area contributed by atoms with Gasteiger partial charge in [0, 0.05) is 76.6 Å². The van der Waals surface area contributed by atoms with E-state index in [1.54, 1.807) is 19.1 Å². The summed E-state index contributed by atoms with van der Waals surface area (Å²) in [6.07, 6.45) is 6.18. The van der Waals surface area contributed by atoms with Gasteiger partial charge in [0.1, 0.15) is 34.7 Å². The summed E-state index contributed by atoms with van der Waals surface area (Å²) in [5, 5.41) is 32.4. The number of hydrogen-bond donors (Lipinski definition) is 8. The monoisotopic (exact) mass is 1250 g/mol. The predicted molar refractivity (Wildman–Crippen MR) is 314 cm³/mol. The molecule has 4 heterocycles. The normalized spacial score (nSPS) is 21.7. The van der Waals surface area contributed by atoms with Crippen LogP contribution in [0.2, 0.25) is 5.02 Å². The second-order valence-electron chi connectivity index (χ2n) is 21.4. The SMILES string of the molecule is CCC.COc1cc2cc(c1Cl)N(C)C(=O)CCC1OC1[C@H](C)C1C[C@](O)(C/C=C/C=C(\C)C2)NC(=O)O1.C[C@@H](C(=O)O)N(C)C(=O)c1ccc(NC(=O)C(CCCNC(N)=O)NC(=O)CNC(=O)CCCCCN2C(=O)C=CC2=O)cc1C(F)(F)F. The highest BCUT2D eigenvalue weighted by Crippen LogP contribution is 2.41. The van der Waals surface area contributed by atoms with E-state index >= 15 is 0 Å². The Morgan fingerprint density at radius 3 is 2.30 bits per heavy atom. The third-order valence-electron chi connectivity index (χ3n) is 14.3. The van der Waals surface area contributed by atoms with Crippen molar-refractivity contribution in [1.82, 2.24) is 31.1 Å². The molecule has 24 nitrogen and oxygen atoms in total. The number of hydrogen-bond acceptors (Lipinski definition) is 14. The van der Waals surface area contributed by atoms with E-state index in [9.17, 15) is 66.2 Å². The number of aliphatic carboxylic acids is 1. The number of urea groups is 1. The van der Waals surface area contributed by atoms with Gasteiger partial charge in [-0.3, -0.25) is 43.8 Å². The number of primary amides is 1. The van der Waals surface area contributed by atoms with Gasteiger partial charge in [0.15, 0.2) is 0 Å². The highest BCUT2D eigenvalue weighted by atomic mass is 35.5. The third-order valence-corrected chi connectivity index (χ3v) is 14.7. The third kappa shape index (κ3) is 22.0. The zero-order chi connectivity index (χ0) is 64.9. The van der Waals surface area contributed by atoms with Crippen molar-refractivity contribution in [1.29, 1.82) is 0 Å². The molecule has 87 heavy (non-hydrogen) atoms. The van der Waals surface area contributed by atoms with Crippen LogP contribution >= 0.6 is 11.6 Å². The Morgan fingerprint density at radius 2 is 1.67 bits per heavy atom. The number of alkyl carbamates (subject to hydrolysis) is 1. The Kier molecular flexibility index (Phi) is 27.2. The molecule has 9 N–H and O–H groups in total. The number of imide groups is 1. The minimum absolute atomic E-state index is 0.000371. The molecule has 4 unspecified atom stereocenters. The zero-order valence-corrected chi connectivity index (χ0v) is 50.7. The molecule has 2 aromatic rings. The highest BCUT2D eigenvalue weighted by molar-refractivity contribution is 6.35. The van der Waals surface area contributed by atoms with Crippen molar-refractivity contribution in [2.75, 3.05) is 51.1 Å². The number of epoxide rings is 1. The number of alkyl halides is 3. The average molecular weight is 1250 g/mol. The molecule has 4 bridgehead atoms. The fourth-order valence-corrected chi connectivity index (χ4v) is 9.65. The van der Waals surface area contributed by atoms with Gasteiger partial charge in [-0.15, -0.1) is 0 Å². The van der Waals surface area contributed by atoms with Crippen molar-refractivity contribution in [3.63, 3.8) is 0 Å². The number of methoxy groups -OCH3 is 1. The maximum absolute atomic E-state index is 13.9. The minimum Gasteiger partial charge on any atom is -0.495 e. The number of nitrogens with two attached hydrogens (primary N) is 1. The summed E-state index contributed by atoms with van der Waals surface area (Å²) in [4.78, 5) is 124. The fourth-order valence-electron chi connectivity index (χ4n) is 9.34. The summed E-state index contributed by atoms with van der Waals surface area (Å²) >= 11 is 6.56. The van der Waals surface area contributed by atoms with E-state index in [4.69, 9.17) is 36.7 Å². The number of nitrogens with zero attached hydrogens (tertiary/aromatic N) is 3. The number of fused-ring (bicyclic) bond motifs is 5. The molecule has 478 valence electrons. The number of amides is 10. The number of benzene rings is 2. The smallest absolute Gasteiger partial charge is 0.417 e. The lowest BCUT2D eigenvalue weighted by molar-refractivity contribution is -0.141. The van der Waals surface area contributed by atoms with E-state index < -0.39 is 101 Å². The second-order valence-corrected chi connectivity index (χ2v) is 21.8. The van der Waals surface area contributed by atoms with Gasteiger partial charge in [-0.05, 0) is 88.3 Å². The summed E-state index contributed by atoms with van der Waals surface area (Å²) in [5.41, 5.74) is 3.57. The number of allylic oxidation sites excluding steroid dienone is 3. The van der Waals surface area contributed by atoms with Crippen molar-refractivity contribution < 1.29 is 85.5 Å². The summed E-state index contributed by atoms with van der Waals surface area (Å²) in [6, 6.07) is 2.45. The first-order chi connectivity index (χ1) is 40.9. The molecule has 0 saturated carbocycles. The molecule has 0 aliphatic carbocycles. The van der Waals surface area contributed by atoms with E-state index in [2.05, 4.69) is 40.4 Å². The van der Waals surface area contributed by atoms with Crippen LogP contribution in [0.5, 0.6) is 5.75 Å². The molecule has 10 amide bonds. The molecule has 4 aliphatic rings. The van der Waals surface area contributed by atoms with Crippen molar-refractivity contribution in [3.05, 3.63) is 88.0 Å². The van der Waals surface area contributed by atoms with Gasteiger partial charge in [0.05, 0.1) is 42.7 Å². The number of carboxylic acid groups (broad SMARTS) is 1. The van der Waals surface area contributed by atoms with E-state index in [0.29, 0.717) is 59.5 Å². The Balaban J connectivity index is 0.000000373. The molecule has 2 fully saturated rings.